The van der Waals surface area contributed by atoms with Gasteiger partial charge < -0.3 is 10.1 Å². The summed E-state index contributed by atoms with van der Waals surface area (Å²) in [5, 5.41) is 3.16. The number of fused-ring (bicyclic) bond motifs is 1. The van der Waals surface area contributed by atoms with E-state index >= 15 is 0 Å². The molecule has 1 N–H and O–H groups in total. The molecule has 3 amide bonds. The number of benzene rings is 1. The van der Waals surface area contributed by atoms with E-state index < -0.39 is 18.5 Å². The number of ether oxygens (including phenoxy) is 1. The molecule has 2 fully saturated rings. The van der Waals surface area contributed by atoms with Gasteiger partial charge in [-0.15, -0.1) is 0 Å². The number of hydrogen-bond donors (Lipinski definition) is 1. The zero-order valence-electron chi connectivity index (χ0n) is 15.7. The van der Waals surface area contributed by atoms with Crippen molar-refractivity contribution in [1.29, 1.82) is 0 Å². The first-order chi connectivity index (χ1) is 13.4. The summed E-state index contributed by atoms with van der Waals surface area (Å²) in [5.74, 6) is -1.95. The molecule has 7 nitrogen and oxygen atoms in total. The second-order valence-electron chi connectivity index (χ2n) is 7.20. The molecule has 150 valence electrons. The first-order valence-corrected chi connectivity index (χ1v) is 9.82. The van der Waals surface area contributed by atoms with E-state index in [1.54, 1.807) is 25.1 Å². The Balaban J connectivity index is 1.44. The highest BCUT2D eigenvalue weighted by Gasteiger charge is 2.47. The van der Waals surface area contributed by atoms with Crippen LogP contribution >= 0.6 is 11.6 Å². The molecule has 1 aliphatic heterocycles. The summed E-state index contributed by atoms with van der Waals surface area (Å²) in [4.78, 5) is 49.8. The standard InChI is InChI=1S/C20H23ClN2O5/c1-12-15(21)7-4-8-16(12)22-17(24)11-28-18(25)9-10-23-19(26)13-5-2-3-6-14(13)20(23)27/h4,7-8,13-14H,2-3,5-6,9-11H2,1H3,(H,22,24)/t13-,14+. The van der Waals surface area contributed by atoms with E-state index in [4.69, 9.17) is 16.3 Å². The number of esters is 1. The molecule has 2 aliphatic rings. The smallest absolute Gasteiger partial charge is 0.308 e. The van der Waals surface area contributed by atoms with Crippen LogP contribution in [0.3, 0.4) is 0 Å². The van der Waals surface area contributed by atoms with Gasteiger partial charge in [0, 0.05) is 17.3 Å². The molecule has 3 rings (SSSR count). The van der Waals surface area contributed by atoms with Crippen molar-refractivity contribution in [3.8, 4) is 0 Å². The molecule has 1 saturated carbocycles. The number of anilines is 1. The average molecular weight is 407 g/mol. The van der Waals surface area contributed by atoms with Crippen LogP contribution in [-0.2, 0) is 23.9 Å². The Morgan fingerprint density at radius 3 is 2.46 bits per heavy atom. The average Bonchev–Trinajstić information content (AvgIpc) is 2.93. The van der Waals surface area contributed by atoms with Crippen molar-refractivity contribution in [1.82, 2.24) is 4.90 Å². The van der Waals surface area contributed by atoms with E-state index in [9.17, 15) is 19.2 Å². The Kier molecular flexibility index (Phi) is 6.34. The zero-order chi connectivity index (χ0) is 20.3. The largest absolute Gasteiger partial charge is 0.456 e. The molecule has 0 bridgehead atoms. The first kappa shape index (κ1) is 20.3. The van der Waals surface area contributed by atoms with Crippen molar-refractivity contribution in [2.75, 3.05) is 18.5 Å². The summed E-state index contributed by atoms with van der Waals surface area (Å²) in [6, 6.07) is 5.12. The number of carbonyl (C=O) groups excluding carboxylic acids is 4. The lowest BCUT2D eigenvalue weighted by atomic mass is 9.81. The quantitative estimate of drug-likeness (QED) is 0.579. The number of nitrogens with zero attached hydrogens (tertiary/aromatic N) is 1. The Bertz CT molecular complexity index is 786. The highest BCUT2D eigenvalue weighted by atomic mass is 35.5. The maximum Gasteiger partial charge on any atom is 0.308 e. The van der Waals surface area contributed by atoms with Crippen LogP contribution in [-0.4, -0.2) is 41.7 Å². The second-order valence-corrected chi connectivity index (χ2v) is 7.60. The lowest BCUT2D eigenvalue weighted by Gasteiger charge is -2.19. The van der Waals surface area contributed by atoms with Crippen LogP contribution in [0.15, 0.2) is 18.2 Å². The fraction of sp³-hybridized carbons (Fsp3) is 0.500. The highest BCUT2D eigenvalue weighted by Crippen LogP contribution is 2.37. The molecular formula is C20H23ClN2O5. The van der Waals surface area contributed by atoms with Crippen molar-refractivity contribution in [2.24, 2.45) is 11.8 Å². The normalized spacial score (nSPS) is 21.4. The van der Waals surface area contributed by atoms with Gasteiger partial charge in [0.05, 0.1) is 18.3 Å². The summed E-state index contributed by atoms with van der Waals surface area (Å²) < 4.78 is 4.96. The summed E-state index contributed by atoms with van der Waals surface area (Å²) in [5.41, 5.74) is 1.26. The third kappa shape index (κ3) is 4.35. The predicted octanol–water partition coefficient (Wildman–Crippen LogP) is 2.70. The molecule has 0 aromatic heterocycles. The molecule has 1 aliphatic carbocycles. The van der Waals surface area contributed by atoms with Gasteiger partial charge in [0.2, 0.25) is 11.8 Å². The number of likely N-dealkylation sites (tertiary alicyclic amines) is 1. The van der Waals surface area contributed by atoms with Gasteiger partial charge in [0.25, 0.3) is 5.91 Å². The van der Waals surface area contributed by atoms with Gasteiger partial charge in [-0.2, -0.15) is 0 Å². The molecule has 0 spiro atoms. The fourth-order valence-corrected chi connectivity index (χ4v) is 3.98. The van der Waals surface area contributed by atoms with Crippen molar-refractivity contribution >= 4 is 41.0 Å². The Morgan fingerprint density at radius 2 is 1.82 bits per heavy atom. The molecule has 1 aromatic rings. The number of carbonyl (C=O) groups is 4. The van der Waals surface area contributed by atoms with E-state index in [2.05, 4.69) is 5.32 Å². The van der Waals surface area contributed by atoms with Gasteiger partial charge in [-0.1, -0.05) is 30.5 Å². The van der Waals surface area contributed by atoms with Gasteiger partial charge in [0.15, 0.2) is 6.61 Å². The third-order valence-corrected chi connectivity index (χ3v) is 5.79. The SMILES string of the molecule is Cc1c(Cl)cccc1NC(=O)COC(=O)CCN1C(=O)[C@H]2CCCC[C@H]2C1=O. The topological polar surface area (TPSA) is 92.8 Å². The van der Waals surface area contributed by atoms with Crippen LogP contribution in [0.2, 0.25) is 5.02 Å². The van der Waals surface area contributed by atoms with Crippen LogP contribution in [0.5, 0.6) is 0 Å². The summed E-state index contributed by atoms with van der Waals surface area (Å²) in [6.07, 6.45) is 3.26. The third-order valence-electron chi connectivity index (χ3n) is 5.38. The maximum absolute atomic E-state index is 12.4. The minimum Gasteiger partial charge on any atom is -0.456 e. The Hall–Kier alpha value is -2.41. The summed E-state index contributed by atoms with van der Waals surface area (Å²) in [6.45, 7) is 1.32. The second kappa shape index (κ2) is 8.73. The minimum absolute atomic E-state index is 0.00147. The van der Waals surface area contributed by atoms with Crippen molar-refractivity contribution in [2.45, 2.75) is 39.0 Å². The highest BCUT2D eigenvalue weighted by molar-refractivity contribution is 6.31. The molecule has 1 aromatic carbocycles. The first-order valence-electron chi connectivity index (χ1n) is 9.44. The molecule has 0 unspecified atom stereocenters. The van der Waals surface area contributed by atoms with E-state index in [-0.39, 0.29) is 36.6 Å². The van der Waals surface area contributed by atoms with Crippen LogP contribution in [0.1, 0.15) is 37.7 Å². The Labute approximate surface area is 168 Å². The number of amides is 3. The predicted molar refractivity (Wildman–Crippen MR) is 103 cm³/mol. The zero-order valence-corrected chi connectivity index (χ0v) is 16.5. The van der Waals surface area contributed by atoms with Gasteiger partial charge in [-0.25, -0.2) is 0 Å². The maximum atomic E-state index is 12.4. The van der Waals surface area contributed by atoms with E-state index in [1.807, 2.05) is 0 Å². The Morgan fingerprint density at radius 1 is 1.18 bits per heavy atom. The molecule has 8 heteroatoms. The van der Waals surface area contributed by atoms with Crippen LogP contribution in [0.25, 0.3) is 0 Å². The monoisotopic (exact) mass is 406 g/mol. The van der Waals surface area contributed by atoms with Crippen molar-refractivity contribution in [3.63, 3.8) is 0 Å². The number of rotatable bonds is 6. The van der Waals surface area contributed by atoms with E-state index in [0.29, 0.717) is 10.7 Å². The lowest BCUT2D eigenvalue weighted by molar-refractivity contribution is -0.148. The molecule has 2 atom stereocenters. The van der Waals surface area contributed by atoms with Gasteiger partial charge in [-0.3, -0.25) is 24.1 Å². The number of nitrogens with one attached hydrogen (secondary N) is 1. The van der Waals surface area contributed by atoms with Crippen molar-refractivity contribution < 1.29 is 23.9 Å². The fourth-order valence-electron chi connectivity index (χ4n) is 3.80. The van der Waals surface area contributed by atoms with Crippen LogP contribution in [0.4, 0.5) is 5.69 Å². The number of imide groups is 1. The van der Waals surface area contributed by atoms with Crippen LogP contribution < -0.4 is 5.32 Å². The summed E-state index contributed by atoms with van der Waals surface area (Å²) >= 11 is 6.00. The van der Waals surface area contributed by atoms with Gasteiger partial charge in [0.1, 0.15) is 0 Å². The minimum atomic E-state index is -0.631. The van der Waals surface area contributed by atoms with E-state index in [0.717, 1.165) is 31.2 Å². The molecular weight excluding hydrogens is 384 g/mol. The van der Waals surface area contributed by atoms with Gasteiger partial charge in [-0.05, 0) is 37.5 Å². The lowest BCUT2D eigenvalue weighted by Crippen LogP contribution is -2.33. The number of hydrogen-bond acceptors (Lipinski definition) is 5. The molecule has 28 heavy (non-hydrogen) atoms. The molecule has 1 heterocycles. The van der Waals surface area contributed by atoms with Crippen LogP contribution in [0, 0.1) is 18.8 Å². The number of halogens is 1. The van der Waals surface area contributed by atoms with E-state index in [1.165, 1.54) is 4.90 Å². The molecule has 1 saturated heterocycles. The van der Waals surface area contributed by atoms with Crippen molar-refractivity contribution in [3.05, 3.63) is 28.8 Å². The van der Waals surface area contributed by atoms with Gasteiger partial charge >= 0.3 is 5.97 Å². The molecule has 0 radical (unpaired) electrons. The summed E-state index contributed by atoms with van der Waals surface area (Å²) in [7, 11) is 0.